The number of nitrogens with one attached hydrogen (secondary N) is 2. The Bertz CT molecular complexity index is 689. The molecule has 3 N–H and O–H groups in total. The van der Waals surface area contributed by atoms with E-state index in [1.165, 1.54) is 5.56 Å². The van der Waals surface area contributed by atoms with E-state index in [2.05, 4.69) is 58.1 Å². The number of hydrogen-bond acceptors (Lipinski definition) is 4. The number of amidine groups is 1. The molecular weight excluding hydrogens is 326 g/mol. The molecule has 0 bridgehead atoms. The SMILES string of the molecule is CCC(CO)NC/N=C(/NCc1ccccc1)c1ncn(C(C)C)c1C. The molecule has 6 heteroatoms. The normalized spacial score (nSPS) is 13.2. The fourth-order valence-electron chi connectivity index (χ4n) is 2.76. The third-order valence-electron chi connectivity index (χ3n) is 4.45. The monoisotopic (exact) mass is 357 g/mol. The maximum atomic E-state index is 9.33. The van der Waals surface area contributed by atoms with Crippen molar-refractivity contribution in [1.82, 2.24) is 20.2 Å². The van der Waals surface area contributed by atoms with E-state index in [9.17, 15) is 5.11 Å². The van der Waals surface area contributed by atoms with Gasteiger partial charge in [-0.3, -0.25) is 10.3 Å². The first-order chi connectivity index (χ1) is 12.6. The molecule has 26 heavy (non-hydrogen) atoms. The van der Waals surface area contributed by atoms with E-state index in [0.29, 0.717) is 19.3 Å². The van der Waals surface area contributed by atoms with E-state index < -0.39 is 0 Å². The van der Waals surface area contributed by atoms with Gasteiger partial charge in [-0.25, -0.2) is 4.98 Å². The zero-order valence-electron chi connectivity index (χ0n) is 16.2. The molecule has 6 nitrogen and oxygen atoms in total. The van der Waals surface area contributed by atoms with Crippen LogP contribution < -0.4 is 10.6 Å². The Kier molecular flexibility index (Phi) is 7.81. The largest absolute Gasteiger partial charge is 0.395 e. The highest BCUT2D eigenvalue weighted by Gasteiger charge is 2.14. The second kappa shape index (κ2) is 10.1. The van der Waals surface area contributed by atoms with Crippen LogP contribution in [0.4, 0.5) is 0 Å². The number of nitrogens with zero attached hydrogens (tertiary/aromatic N) is 3. The second-order valence-corrected chi connectivity index (χ2v) is 6.68. The first kappa shape index (κ1) is 20.1. The van der Waals surface area contributed by atoms with Gasteiger partial charge in [-0.05, 0) is 32.8 Å². The Balaban J connectivity index is 2.17. The molecule has 0 spiro atoms. The van der Waals surface area contributed by atoms with Crippen LogP contribution in [0.2, 0.25) is 0 Å². The summed E-state index contributed by atoms with van der Waals surface area (Å²) in [6, 6.07) is 10.6. The molecule has 0 aliphatic rings. The third kappa shape index (κ3) is 5.41. The molecule has 0 fully saturated rings. The number of aliphatic imine (C=N–C) groups is 1. The van der Waals surface area contributed by atoms with Gasteiger partial charge < -0.3 is 15.0 Å². The smallest absolute Gasteiger partial charge is 0.150 e. The molecule has 0 aliphatic carbocycles. The lowest BCUT2D eigenvalue weighted by Gasteiger charge is -2.14. The molecule has 0 radical (unpaired) electrons. The van der Waals surface area contributed by atoms with Crippen molar-refractivity contribution in [3.8, 4) is 0 Å². The van der Waals surface area contributed by atoms with E-state index in [1.807, 2.05) is 31.5 Å². The number of aliphatic hydroxyl groups excluding tert-OH is 1. The molecule has 1 heterocycles. The Labute approximate surface area is 156 Å². The van der Waals surface area contributed by atoms with Gasteiger partial charge in [-0.15, -0.1) is 0 Å². The van der Waals surface area contributed by atoms with Crippen molar-refractivity contribution in [2.45, 2.75) is 52.7 Å². The fourth-order valence-corrected chi connectivity index (χ4v) is 2.76. The molecule has 1 unspecified atom stereocenters. The Morgan fingerprint density at radius 1 is 1.27 bits per heavy atom. The van der Waals surface area contributed by atoms with Crippen molar-refractivity contribution in [3.05, 3.63) is 53.6 Å². The Morgan fingerprint density at radius 3 is 2.58 bits per heavy atom. The van der Waals surface area contributed by atoms with Crippen LogP contribution in [-0.4, -0.2) is 39.8 Å². The van der Waals surface area contributed by atoms with Crippen molar-refractivity contribution in [3.63, 3.8) is 0 Å². The van der Waals surface area contributed by atoms with E-state index in [0.717, 1.165) is 23.6 Å². The van der Waals surface area contributed by atoms with Crippen molar-refractivity contribution in [2.75, 3.05) is 13.3 Å². The van der Waals surface area contributed by atoms with Gasteiger partial charge in [-0.2, -0.15) is 0 Å². The van der Waals surface area contributed by atoms with Crippen molar-refractivity contribution >= 4 is 5.84 Å². The van der Waals surface area contributed by atoms with Gasteiger partial charge in [0, 0.05) is 24.3 Å². The van der Waals surface area contributed by atoms with Gasteiger partial charge in [0.15, 0.2) is 5.84 Å². The molecule has 2 aromatic rings. The standard InChI is InChI=1S/C20H31N5O/c1-5-18(12-26)22-13-23-20(21-11-17-9-7-6-8-10-17)19-16(4)25(14-24-19)15(2)3/h6-10,14-15,18,22,26H,5,11-13H2,1-4H3,(H,21,23). The summed E-state index contributed by atoms with van der Waals surface area (Å²) in [4.78, 5) is 9.27. The Hall–Kier alpha value is -2.18. The number of aliphatic hydroxyl groups is 1. The van der Waals surface area contributed by atoms with Gasteiger partial charge in [0.1, 0.15) is 5.69 Å². The van der Waals surface area contributed by atoms with Crippen LogP contribution in [0.5, 0.6) is 0 Å². The summed E-state index contributed by atoms with van der Waals surface area (Å²) in [5, 5.41) is 16.0. The van der Waals surface area contributed by atoms with Crippen LogP contribution in [0.1, 0.15) is 50.2 Å². The van der Waals surface area contributed by atoms with E-state index >= 15 is 0 Å². The lowest BCUT2D eigenvalue weighted by molar-refractivity contribution is 0.240. The van der Waals surface area contributed by atoms with Crippen LogP contribution in [0.3, 0.4) is 0 Å². The van der Waals surface area contributed by atoms with Gasteiger partial charge in [-0.1, -0.05) is 37.3 Å². The highest BCUT2D eigenvalue weighted by Crippen LogP contribution is 2.13. The maximum absolute atomic E-state index is 9.33. The minimum Gasteiger partial charge on any atom is -0.395 e. The zero-order chi connectivity index (χ0) is 18.9. The summed E-state index contributed by atoms with van der Waals surface area (Å²) in [5.41, 5.74) is 3.15. The molecule has 0 aliphatic heterocycles. The zero-order valence-corrected chi connectivity index (χ0v) is 16.2. The van der Waals surface area contributed by atoms with E-state index in [4.69, 9.17) is 0 Å². The second-order valence-electron chi connectivity index (χ2n) is 6.68. The molecular formula is C20H31N5O. The fraction of sp³-hybridized carbons (Fsp3) is 0.500. The molecule has 1 atom stereocenters. The molecule has 2 rings (SSSR count). The lowest BCUT2D eigenvalue weighted by atomic mass is 10.2. The summed E-state index contributed by atoms with van der Waals surface area (Å²) < 4.78 is 2.14. The minimum absolute atomic E-state index is 0.0587. The predicted octanol–water partition coefficient (Wildman–Crippen LogP) is 2.63. The van der Waals surface area contributed by atoms with Crippen molar-refractivity contribution in [1.29, 1.82) is 0 Å². The van der Waals surface area contributed by atoms with Crippen LogP contribution in [0.15, 0.2) is 41.7 Å². The number of aromatic nitrogens is 2. The highest BCUT2D eigenvalue weighted by molar-refractivity contribution is 5.98. The number of benzene rings is 1. The lowest BCUT2D eigenvalue weighted by Crippen LogP contribution is -2.34. The topological polar surface area (TPSA) is 74.5 Å². The summed E-state index contributed by atoms with van der Waals surface area (Å²) in [7, 11) is 0. The maximum Gasteiger partial charge on any atom is 0.150 e. The molecule has 142 valence electrons. The van der Waals surface area contributed by atoms with Gasteiger partial charge in [0.2, 0.25) is 0 Å². The summed E-state index contributed by atoms with van der Waals surface area (Å²) in [6.45, 7) is 9.62. The van der Waals surface area contributed by atoms with Crippen LogP contribution in [0, 0.1) is 6.92 Å². The first-order valence-corrected chi connectivity index (χ1v) is 9.27. The summed E-state index contributed by atoms with van der Waals surface area (Å²) in [5.74, 6) is 0.769. The Morgan fingerprint density at radius 2 is 2.00 bits per heavy atom. The predicted molar refractivity (Wildman–Crippen MR) is 106 cm³/mol. The van der Waals surface area contributed by atoms with Gasteiger partial charge >= 0.3 is 0 Å². The molecule has 0 amide bonds. The first-order valence-electron chi connectivity index (χ1n) is 9.27. The average molecular weight is 358 g/mol. The van der Waals surface area contributed by atoms with Crippen LogP contribution in [-0.2, 0) is 6.54 Å². The van der Waals surface area contributed by atoms with Crippen molar-refractivity contribution < 1.29 is 5.11 Å². The summed E-state index contributed by atoms with van der Waals surface area (Å²) >= 11 is 0. The molecule has 1 aromatic carbocycles. The molecule has 1 aromatic heterocycles. The summed E-state index contributed by atoms with van der Waals surface area (Å²) in [6.07, 6.45) is 2.73. The van der Waals surface area contributed by atoms with Crippen LogP contribution >= 0.6 is 0 Å². The van der Waals surface area contributed by atoms with E-state index in [-0.39, 0.29) is 12.6 Å². The molecule has 0 saturated heterocycles. The van der Waals surface area contributed by atoms with E-state index in [1.54, 1.807) is 0 Å². The third-order valence-corrected chi connectivity index (χ3v) is 4.45. The average Bonchev–Trinajstić information content (AvgIpc) is 3.04. The van der Waals surface area contributed by atoms with Crippen LogP contribution in [0.25, 0.3) is 0 Å². The highest BCUT2D eigenvalue weighted by atomic mass is 16.3. The number of imidazole rings is 1. The molecule has 0 saturated carbocycles. The quantitative estimate of drug-likeness (QED) is 0.476. The van der Waals surface area contributed by atoms with Crippen molar-refractivity contribution in [2.24, 2.45) is 4.99 Å². The van der Waals surface area contributed by atoms with Gasteiger partial charge in [0.05, 0.1) is 19.6 Å². The number of hydrogen-bond donors (Lipinski definition) is 3. The van der Waals surface area contributed by atoms with Gasteiger partial charge in [0.25, 0.3) is 0 Å². The minimum atomic E-state index is 0.0587. The number of rotatable bonds is 9.